The molecule has 1 aromatic heterocycles. The second-order valence-corrected chi connectivity index (χ2v) is 8.87. The van der Waals surface area contributed by atoms with Crippen LogP contribution in [0.4, 0.5) is 5.13 Å². The van der Waals surface area contributed by atoms with Crippen LogP contribution >= 0.6 is 23.1 Å². The summed E-state index contributed by atoms with van der Waals surface area (Å²) >= 11 is 2.14. The number of carbonyl (C=O) groups excluding carboxylic acids is 3. The Morgan fingerprint density at radius 2 is 2.23 bits per heavy atom. The van der Waals surface area contributed by atoms with Gasteiger partial charge < -0.3 is 25.8 Å². The van der Waals surface area contributed by atoms with Crippen LogP contribution in [0.2, 0.25) is 0 Å². The van der Waals surface area contributed by atoms with Crippen LogP contribution in [0.5, 0.6) is 0 Å². The van der Waals surface area contributed by atoms with E-state index in [4.69, 9.17) is 10.6 Å². The summed E-state index contributed by atoms with van der Waals surface area (Å²) in [4.78, 5) is 43.5. The monoisotopic (exact) mass is 488 g/mol. The summed E-state index contributed by atoms with van der Waals surface area (Å²) in [6.45, 7) is 1.47. The van der Waals surface area contributed by atoms with Gasteiger partial charge in [-0.1, -0.05) is 5.16 Å². The van der Waals surface area contributed by atoms with Crippen molar-refractivity contribution in [1.82, 2.24) is 19.9 Å². The Kier molecular flexibility index (Phi) is 10.5. The molecule has 1 saturated heterocycles. The Morgan fingerprint density at radius 1 is 1.53 bits per heavy atom. The number of aromatic nitrogens is 1. The predicted octanol–water partition coefficient (Wildman–Crippen LogP) is -4.79. The minimum absolute atomic E-state index is 0. The third kappa shape index (κ3) is 7.68. The number of nitrogens with zero attached hydrogens (tertiary/aromatic N) is 3. The molecular formula is C13H17N6NaO7S3. The van der Waals surface area contributed by atoms with E-state index in [-0.39, 0.29) is 58.7 Å². The van der Waals surface area contributed by atoms with Crippen molar-refractivity contribution in [3.8, 4) is 0 Å². The number of hydrogen-bond donors (Lipinski definition) is 3. The van der Waals surface area contributed by atoms with Gasteiger partial charge in [0.05, 0.1) is 5.69 Å². The molecule has 0 spiro atoms. The van der Waals surface area contributed by atoms with Crippen molar-refractivity contribution >= 4 is 62.5 Å². The third-order valence-electron chi connectivity index (χ3n) is 3.33. The molecule has 0 bridgehead atoms. The second kappa shape index (κ2) is 11.8. The molecule has 17 heteroatoms. The molecule has 2 atom stereocenters. The van der Waals surface area contributed by atoms with Crippen molar-refractivity contribution < 1.29 is 61.7 Å². The van der Waals surface area contributed by atoms with Gasteiger partial charge in [-0.05, 0) is 0 Å². The number of amides is 3. The SMILES string of the molecule is CC(=O)NCCS[C@@H]1[C@H](NC(=O)/C=N/OCc2csc(N)n2)C(=O)N1S(=O)(=O)[O-].[Na+]. The molecule has 0 aliphatic carbocycles. The fourth-order valence-electron chi connectivity index (χ4n) is 2.15. The van der Waals surface area contributed by atoms with Gasteiger partial charge in [0.15, 0.2) is 22.0 Å². The fraction of sp³-hybridized carbons (Fsp3) is 0.462. The van der Waals surface area contributed by atoms with Crippen LogP contribution in [0.1, 0.15) is 12.6 Å². The van der Waals surface area contributed by atoms with Gasteiger partial charge in [0, 0.05) is 24.6 Å². The number of anilines is 1. The molecule has 2 heterocycles. The molecule has 0 saturated carbocycles. The van der Waals surface area contributed by atoms with Gasteiger partial charge in [0.1, 0.15) is 17.6 Å². The molecule has 4 N–H and O–H groups in total. The fourth-order valence-corrected chi connectivity index (χ4v) is 4.98. The Labute approximate surface area is 202 Å². The first-order valence-corrected chi connectivity index (χ1v) is 11.2. The quantitative estimate of drug-likeness (QED) is 0.0718. The normalized spacial score (nSPS) is 18.5. The summed E-state index contributed by atoms with van der Waals surface area (Å²) in [6, 6.07) is -1.24. The Balaban J connectivity index is 0.00000450. The van der Waals surface area contributed by atoms with E-state index < -0.39 is 33.5 Å². The number of nitrogens with two attached hydrogens (primary N) is 1. The van der Waals surface area contributed by atoms with E-state index >= 15 is 0 Å². The summed E-state index contributed by atoms with van der Waals surface area (Å²) < 4.78 is 33.9. The largest absolute Gasteiger partial charge is 1.00 e. The average molecular weight is 489 g/mol. The van der Waals surface area contributed by atoms with E-state index in [2.05, 4.69) is 20.8 Å². The van der Waals surface area contributed by atoms with Gasteiger partial charge in [-0.25, -0.2) is 17.7 Å². The third-order valence-corrected chi connectivity index (χ3v) is 6.34. The maximum Gasteiger partial charge on any atom is 1.00 e. The number of rotatable bonds is 10. The molecule has 0 aromatic carbocycles. The van der Waals surface area contributed by atoms with Crippen LogP contribution in [0.25, 0.3) is 0 Å². The molecule has 1 aromatic rings. The molecular weight excluding hydrogens is 471 g/mol. The van der Waals surface area contributed by atoms with Crippen LogP contribution < -0.4 is 45.9 Å². The van der Waals surface area contributed by atoms with Gasteiger partial charge >= 0.3 is 29.6 Å². The predicted molar refractivity (Wildman–Crippen MR) is 103 cm³/mol. The van der Waals surface area contributed by atoms with Crippen molar-refractivity contribution in [3.05, 3.63) is 11.1 Å². The van der Waals surface area contributed by atoms with Crippen LogP contribution in [0.3, 0.4) is 0 Å². The van der Waals surface area contributed by atoms with Crippen molar-refractivity contribution in [2.45, 2.75) is 24.9 Å². The van der Waals surface area contributed by atoms with Crippen LogP contribution in [0.15, 0.2) is 10.5 Å². The number of hydrogen-bond acceptors (Lipinski definition) is 12. The van der Waals surface area contributed by atoms with Gasteiger partial charge in [-0.15, -0.1) is 23.1 Å². The van der Waals surface area contributed by atoms with Crippen LogP contribution in [-0.4, -0.2) is 69.9 Å². The van der Waals surface area contributed by atoms with E-state index in [9.17, 15) is 27.4 Å². The minimum Gasteiger partial charge on any atom is -0.731 e. The molecule has 13 nitrogen and oxygen atoms in total. The summed E-state index contributed by atoms with van der Waals surface area (Å²) in [5.41, 5.74) is 5.98. The molecule has 30 heavy (non-hydrogen) atoms. The van der Waals surface area contributed by atoms with E-state index in [1.54, 1.807) is 5.38 Å². The number of β-lactam (4-membered cyclic amide) rings is 1. The summed E-state index contributed by atoms with van der Waals surface area (Å²) in [7, 11) is -5.04. The topological polar surface area (TPSA) is 196 Å². The maximum absolute atomic E-state index is 12.0. The van der Waals surface area contributed by atoms with E-state index in [0.29, 0.717) is 10.8 Å². The van der Waals surface area contributed by atoms with Gasteiger partial charge in [-0.3, -0.25) is 14.4 Å². The molecule has 3 amide bonds. The summed E-state index contributed by atoms with van der Waals surface area (Å²) in [6.07, 6.45) is 0.760. The van der Waals surface area contributed by atoms with Crippen LogP contribution in [0, 0.1) is 0 Å². The Bertz CT molecular complexity index is 909. The Morgan fingerprint density at radius 3 is 2.80 bits per heavy atom. The number of carbonyl (C=O) groups is 3. The van der Waals surface area contributed by atoms with Gasteiger partial charge in [-0.2, -0.15) is 0 Å². The van der Waals surface area contributed by atoms with E-state index in [1.165, 1.54) is 18.3 Å². The van der Waals surface area contributed by atoms with Crippen molar-refractivity contribution in [1.29, 1.82) is 0 Å². The average Bonchev–Trinajstić information content (AvgIpc) is 3.03. The maximum atomic E-state index is 12.0. The standard InChI is InChI=1S/C13H18N6O7S3.Na/c1-7(20)15-2-3-27-12-10(11(22)19(12)29(23,24)25)18-9(21)4-16-26-5-8-6-28-13(14)17-8;/h4,6,10,12H,2-3,5H2,1H3,(H2,14,17)(H,15,20)(H,18,21)(H,23,24,25);/q;+1/p-1/b16-4+;/t10-,12-;/m1./s1. The molecule has 0 unspecified atom stereocenters. The number of thiazole rings is 1. The van der Waals surface area contributed by atoms with E-state index in [0.717, 1.165) is 18.0 Å². The number of thioether (sulfide) groups is 1. The zero-order valence-electron chi connectivity index (χ0n) is 15.9. The molecule has 1 aliphatic rings. The molecule has 2 rings (SSSR count). The molecule has 0 radical (unpaired) electrons. The minimum atomic E-state index is -5.04. The summed E-state index contributed by atoms with van der Waals surface area (Å²) in [5, 5.41) is 9.06. The van der Waals surface area contributed by atoms with Crippen molar-refractivity contribution in [2.75, 3.05) is 18.0 Å². The van der Waals surface area contributed by atoms with Gasteiger partial charge in [0.25, 0.3) is 11.8 Å². The van der Waals surface area contributed by atoms with Crippen molar-refractivity contribution in [2.24, 2.45) is 5.16 Å². The van der Waals surface area contributed by atoms with E-state index in [1.807, 2.05) is 0 Å². The molecule has 160 valence electrons. The van der Waals surface area contributed by atoms with Crippen molar-refractivity contribution in [3.63, 3.8) is 0 Å². The smallest absolute Gasteiger partial charge is 0.731 e. The first-order chi connectivity index (χ1) is 13.6. The molecule has 1 fully saturated rings. The zero-order valence-corrected chi connectivity index (χ0v) is 20.4. The number of nitrogen functional groups attached to an aromatic ring is 1. The zero-order chi connectivity index (χ0) is 21.6. The first kappa shape index (κ1) is 26.6. The summed E-state index contributed by atoms with van der Waals surface area (Å²) in [5.74, 6) is -1.96. The van der Waals surface area contributed by atoms with Gasteiger partial charge in [0.2, 0.25) is 5.91 Å². The second-order valence-electron chi connectivity index (χ2n) is 5.51. The Hall–Kier alpha value is -1.43. The number of nitrogens with one attached hydrogen (secondary N) is 2. The molecule has 1 aliphatic heterocycles. The number of oxime groups is 1. The van der Waals surface area contributed by atoms with Crippen LogP contribution in [-0.2, 0) is 36.1 Å². The first-order valence-electron chi connectivity index (χ1n) is 7.90.